The Hall–Kier alpha value is -4.61. The van der Waals surface area contributed by atoms with Crippen LogP contribution in [0, 0.1) is 0 Å². The molecule has 2 amide bonds. The average molecular weight is 666 g/mol. The van der Waals surface area contributed by atoms with Crippen molar-refractivity contribution in [2.24, 2.45) is 7.05 Å². The Morgan fingerprint density at radius 3 is 1.60 bits per heavy atom. The normalized spacial score (nSPS) is 16.0. The Kier molecular flexibility index (Phi) is 9.49. The molecule has 0 unspecified atom stereocenters. The summed E-state index contributed by atoms with van der Waals surface area (Å²) in [6.07, 6.45) is -0.805. The van der Waals surface area contributed by atoms with Crippen molar-refractivity contribution < 1.29 is 32.2 Å². The highest BCUT2D eigenvalue weighted by atomic mass is 19.4. The lowest BCUT2D eigenvalue weighted by atomic mass is 9.93. The van der Waals surface area contributed by atoms with Crippen molar-refractivity contribution in [1.82, 2.24) is 24.6 Å². The van der Waals surface area contributed by atoms with Gasteiger partial charge in [-0.25, -0.2) is 9.59 Å². The molecular formula is C36H42F3N5O4. The molecule has 12 heteroatoms. The molecule has 3 heterocycles. The zero-order valence-corrected chi connectivity index (χ0v) is 28.4. The highest BCUT2D eigenvalue weighted by Crippen LogP contribution is 2.39. The van der Waals surface area contributed by atoms with Crippen LogP contribution in [0.5, 0.6) is 0 Å². The number of halogens is 3. The van der Waals surface area contributed by atoms with Crippen molar-refractivity contribution in [3.63, 3.8) is 0 Å². The average Bonchev–Trinajstić information content (AvgIpc) is 3.40. The fourth-order valence-corrected chi connectivity index (χ4v) is 5.69. The lowest BCUT2D eigenvalue weighted by molar-refractivity contribution is -0.137. The van der Waals surface area contributed by atoms with Gasteiger partial charge in [-0.15, -0.1) is 10.2 Å². The van der Waals surface area contributed by atoms with E-state index in [1.165, 1.54) is 11.0 Å². The quantitative estimate of drug-likeness (QED) is 0.279. The second-order valence-electron chi connectivity index (χ2n) is 14.1. The van der Waals surface area contributed by atoms with Crippen molar-refractivity contribution in [2.75, 3.05) is 26.2 Å². The minimum atomic E-state index is -4.61. The molecule has 0 N–H and O–H groups in total. The number of nitrogens with zero attached hydrogens (tertiary/aromatic N) is 5. The van der Waals surface area contributed by atoms with Crippen LogP contribution in [-0.2, 0) is 22.7 Å². The van der Waals surface area contributed by atoms with Gasteiger partial charge in [-0.1, -0.05) is 48.6 Å². The number of ether oxygens (including phenoxy) is 2. The monoisotopic (exact) mass is 665 g/mol. The third kappa shape index (κ3) is 8.08. The molecule has 2 aliphatic rings. The number of rotatable bonds is 4. The van der Waals surface area contributed by atoms with Gasteiger partial charge in [0, 0.05) is 44.4 Å². The Morgan fingerprint density at radius 1 is 0.688 bits per heavy atom. The van der Waals surface area contributed by atoms with Gasteiger partial charge in [-0.3, -0.25) is 0 Å². The summed E-state index contributed by atoms with van der Waals surface area (Å²) in [5.74, 6) is 0.817. The summed E-state index contributed by atoms with van der Waals surface area (Å²) in [4.78, 5) is 28.0. The van der Waals surface area contributed by atoms with Crippen LogP contribution in [0.4, 0.5) is 22.8 Å². The second kappa shape index (κ2) is 13.1. The van der Waals surface area contributed by atoms with E-state index in [2.05, 4.69) is 10.2 Å². The van der Waals surface area contributed by atoms with Crippen LogP contribution in [0.25, 0.3) is 33.9 Å². The lowest BCUT2D eigenvalue weighted by Gasteiger charge is -2.30. The van der Waals surface area contributed by atoms with E-state index in [0.29, 0.717) is 36.7 Å². The molecule has 2 aliphatic heterocycles. The van der Waals surface area contributed by atoms with Crippen molar-refractivity contribution in [1.29, 1.82) is 0 Å². The van der Waals surface area contributed by atoms with Crippen molar-refractivity contribution in [3.8, 4) is 22.8 Å². The molecule has 3 aromatic rings. The Morgan fingerprint density at radius 2 is 1.15 bits per heavy atom. The molecule has 0 fully saturated rings. The third-order valence-corrected chi connectivity index (χ3v) is 8.04. The van der Waals surface area contributed by atoms with Gasteiger partial charge in [0.1, 0.15) is 11.2 Å². The van der Waals surface area contributed by atoms with Crippen LogP contribution in [0.2, 0.25) is 0 Å². The van der Waals surface area contributed by atoms with Gasteiger partial charge < -0.3 is 23.8 Å². The predicted octanol–water partition coefficient (Wildman–Crippen LogP) is 8.22. The van der Waals surface area contributed by atoms with Gasteiger partial charge in [0.05, 0.1) is 5.56 Å². The first-order valence-corrected chi connectivity index (χ1v) is 16.0. The van der Waals surface area contributed by atoms with Crippen LogP contribution in [0.1, 0.15) is 71.1 Å². The predicted molar refractivity (Wildman–Crippen MR) is 178 cm³/mol. The molecule has 256 valence electrons. The number of aromatic nitrogens is 3. The summed E-state index contributed by atoms with van der Waals surface area (Å²) in [5, 5.41) is 8.58. The number of carbonyl (C=O) groups is 2. The topological polar surface area (TPSA) is 89.8 Å². The molecular weight excluding hydrogens is 623 g/mol. The van der Waals surface area contributed by atoms with Crippen LogP contribution in [0.15, 0.2) is 54.6 Å². The van der Waals surface area contributed by atoms with E-state index >= 15 is 0 Å². The molecule has 0 bridgehead atoms. The number of hydrogen-bond donors (Lipinski definition) is 0. The van der Waals surface area contributed by atoms with E-state index in [1.54, 1.807) is 49.4 Å². The Balaban J connectivity index is 1.33. The molecule has 9 nitrogen and oxygen atoms in total. The van der Waals surface area contributed by atoms with E-state index in [9.17, 15) is 22.8 Å². The van der Waals surface area contributed by atoms with Gasteiger partial charge >= 0.3 is 18.4 Å². The van der Waals surface area contributed by atoms with Crippen LogP contribution >= 0.6 is 0 Å². The molecule has 0 spiro atoms. The van der Waals surface area contributed by atoms with Gasteiger partial charge in [0.2, 0.25) is 0 Å². The Bertz CT molecular complexity index is 1740. The number of hydrogen-bond acceptors (Lipinski definition) is 6. The maximum Gasteiger partial charge on any atom is 0.417 e. The van der Waals surface area contributed by atoms with Crippen molar-refractivity contribution in [3.05, 3.63) is 71.3 Å². The first-order valence-electron chi connectivity index (χ1n) is 16.0. The van der Waals surface area contributed by atoms with E-state index in [1.807, 2.05) is 51.1 Å². The molecule has 1 aromatic heterocycles. The number of amides is 2. The fourth-order valence-electron chi connectivity index (χ4n) is 5.69. The van der Waals surface area contributed by atoms with Gasteiger partial charge in [0.25, 0.3) is 0 Å². The second-order valence-corrected chi connectivity index (χ2v) is 14.1. The summed E-state index contributed by atoms with van der Waals surface area (Å²) in [6.45, 7) is 12.3. The number of benzene rings is 2. The van der Waals surface area contributed by atoms with E-state index in [-0.39, 0.29) is 36.7 Å². The molecule has 0 aliphatic carbocycles. The van der Waals surface area contributed by atoms with E-state index in [0.717, 1.165) is 22.8 Å². The first-order chi connectivity index (χ1) is 22.4. The number of alkyl halides is 3. The zero-order chi connectivity index (χ0) is 35.0. The van der Waals surface area contributed by atoms with Crippen molar-refractivity contribution in [2.45, 2.75) is 71.8 Å². The van der Waals surface area contributed by atoms with E-state index in [4.69, 9.17) is 9.47 Å². The largest absolute Gasteiger partial charge is 0.444 e. The molecule has 5 rings (SSSR count). The SMILES string of the molecule is Cn1c(-c2ccc(C3=CCN(C(=O)OC(C)(C)C)CC3)cc2)nnc1-c1ccc(C2=CCN(C(=O)OC(C)(C)C)CC2)c(C(F)(F)F)c1. The van der Waals surface area contributed by atoms with Crippen LogP contribution < -0.4 is 0 Å². The van der Waals surface area contributed by atoms with Crippen LogP contribution in [0.3, 0.4) is 0 Å². The van der Waals surface area contributed by atoms with Crippen molar-refractivity contribution >= 4 is 23.3 Å². The minimum absolute atomic E-state index is 0.0827. The molecule has 0 radical (unpaired) electrons. The Labute approximate surface area is 279 Å². The zero-order valence-electron chi connectivity index (χ0n) is 28.4. The standard InChI is InChI=1S/C36H42F3N5O4/c1-34(2,3)47-32(45)43-18-14-24(15-19-43)23-8-10-26(11-9-23)30-40-41-31(42(30)7)27-12-13-28(29(22-27)36(37,38)39)25-16-20-44(21-17-25)33(46)48-35(4,5)6/h8-14,16,22H,15,17-21H2,1-7H3. The molecule has 48 heavy (non-hydrogen) atoms. The van der Waals surface area contributed by atoms with Gasteiger partial charge in [-0.05, 0) is 82.7 Å². The molecule has 0 saturated heterocycles. The third-order valence-electron chi connectivity index (χ3n) is 8.04. The maximum atomic E-state index is 14.4. The summed E-state index contributed by atoms with van der Waals surface area (Å²) in [6, 6.07) is 12.0. The lowest BCUT2D eigenvalue weighted by Crippen LogP contribution is -2.39. The van der Waals surface area contributed by atoms with Gasteiger partial charge in [-0.2, -0.15) is 13.2 Å². The summed E-state index contributed by atoms with van der Waals surface area (Å²) in [7, 11) is 1.73. The molecule has 0 atom stereocenters. The fraction of sp³-hybridized carbons (Fsp3) is 0.444. The first kappa shape index (κ1) is 34.7. The smallest absolute Gasteiger partial charge is 0.417 e. The summed E-state index contributed by atoms with van der Waals surface area (Å²) in [5.41, 5.74) is 1.81. The maximum absolute atomic E-state index is 14.4. The summed E-state index contributed by atoms with van der Waals surface area (Å²) >= 11 is 0. The highest BCUT2D eigenvalue weighted by Gasteiger charge is 2.36. The van der Waals surface area contributed by atoms with Gasteiger partial charge in [0.15, 0.2) is 11.6 Å². The van der Waals surface area contributed by atoms with E-state index < -0.39 is 29.0 Å². The highest BCUT2D eigenvalue weighted by molar-refractivity contribution is 5.77. The minimum Gasteiger partial charge on any atom is -0.444 e. The van der Waals surface area contributed by atoms with Crippen LogP contribution in [-0.4, -0.2) is 74.1 Å². The number of carbonyl (C=O) groups excluding carboxylic acids is 2. The summed E-state index contributed by atoms with van der Waals surface area (Å²) < 4.78 is 55.7. The molecule has 0 saturated carbocycles. The molecule has 2 aromatic carbocycles.